The fraction of sp³-hybridized carbons (Fsp3) is 1.00. The summed E-state index contributed by atoms with van der Waals surface area (Å²) in [6, 6.07) is 0. The lowest BCUT2D eigenvalue weighted by molar-refractivity contribution is 0.758. The smallest absolute Gasteiger partial charge is 0.0117 e. The SMILES string of the molecule is CC(C)(C)[SiH]([SiH3])[SiH3]. The molecule has 7 heavy (non-hydrogen) atoms. The minimum atomic E-state index is -0.0810. The summed E-state index contributed by atoms with van der Waals surface area (Å²) in [5.41, 5.74) is 0. The predicted molar refractivity (Wildman–Crippen MR) is 46.7 cm³/mol. The molecule has 0 atom stereocenters. The summed E-state index contributed by atoms with van der Waals surface area (Å²) < 4.78 is 0. The van der Waals surface area contributed by atoms with Gasteiger partial charge in [0.05, 0.1) is 0 Å². The fourth-order valence-electron chi connectivity index (χ4n) is 0. The zero-order chi connectivity index (χ0) is 6.08. The fourth-order valence-corrected chi connectivity index (χ4v) is 0. The normalized spacial score (nSPS) is 17.6. The van der Waals surface area contributed by atoms with Gasteiger partial charge in [0.2, 0.25) is 0 Å². The van der Waals surface area contributed by atoms with Crippen LogP contribution < -0.4 is 0 Å². The first kappa shape index (κ1) is 7.65. The van der Waals surface area contributed by atoms with Crippen molar-refractivity contribution < 1.29 is 0 Å². The molecule has 0 heterocycles. The third-order valence-electron chi connectivity index (χ3n) is 1.73. The average Bonchev–Trinajstić information content (AvgIpc) is 1.31. The van der Waals surface area contributed by atoms with Gasteiger partial charge in [0.15, 0.2) is 0 Å². The molecule has 0 aromatic heterocycles. The van der Waals surface area contributed by atoms with Crippen LogP contribution in [0, 0.1) is 0 Å². The third-order valence-corrected chi connectivity index (χ3v) is 15.6. The first-order valence-corrected chi connectivity index (χ1v) is 12.8. The molecule has 0 amide bonds. The summed E-state index contributed by atoms with van der Waals surface area (Å²) in [5, 5.41) is 0.762. The second-order valence-electron chi connectivity index (χ2n) is 3.52. The lowest BCUT2D eigenvalue weighted by atomic mass is 10.3. The zero-order valence-corrected chi connectivity index (χ0v) is 11.2. The van der Waals surface area contributed by atoms with Crippen LogP contribution in [0.25, 0.3) is 0 Å². The molecule has 0 unspecified atom stereocenters. The van der Waals surface area contributed by atoms with Crippen LogP contribution in [0.5, 0.6) is 0 Å². The Balaban J connectivity index is 3.54. The molecule has 0 spiro atoms. The van der Waals surface area contributed by atoms with E-state index in [9.17, 15) is 0 Å². The Morgan fingerprint density at radius 1 is 1.14 bits per heavy atom. The molecule has 0 fully saturated rings. The maximum atomic E-state index is 2.39. The Kier molecular flexibility index (Phi) is 2.49. The first-order chi connectivity index (χ1) is 2.94. The molecule has 44 valence electrons. The average molecular weight is 148 g/mol. The van der Waals surface area contributed by atoms with E-state index in [0.717, 1.165) is 5.04 Å². The van der Waals surface area contributed by atoms with Crippen molar-refractivity contribution in [1.82, 2.24) is 0 Å². The van der Waals surface area contributed by atoms with Gasteiger partial charge in [0, 0.05) is 7.83 Å². The van der Waals surface area contributed by atoms with Gasteiger partial charge in [-0.3, -0.25) is 0 Å². The second-order valence-corrected chi connectivity index (χ2v) is 24.9. The molecule has 0 saturated carbocycles. The van der Waals surface area contributed by atoms with Crippen molar-refractivity contribution in [3.05, 3.63) is 0 Å². The molecule has 0 radical (unpaired) electrons. The van der Waals surface area contributed by atoms with E-state index in [1.165, 1.54) is 19.5 Å². The van der Waals surface area contributed by atoms with Crippen molar-refractivity contribution in [1.29, 1.82) is 0 Å². The topological polar surface area (TPSA) is 0 Å². The standard InChI is InChI=1S/C4H16Si3/c1-4(2,3)7(5)6/h7H,1-3,5-6H3. The molecule has 0 aliphatic heterocycles. The molecule has 0 nitrogen and oxygen atoms in total. The molecule has 0 rings (SSSR count). The summed E-state index contributed by atoms with van der Waals surface area (Å²) in [4.78, 5) is 0. The van der Waals surface area contributed by atoms with Gasteiger partial charge < -0.3 is 0 Å². The Hall–Kier alpha value is 0.651. The van der Waals surface area contributed by atoms with E-state index in [4.69, 9.17) is 0 Å². The lowest BCUT2D eigenvalue weighted by Gasteiger charge is -2.21. The van der Waals surface area contributed by atoms with Crippen LogP contribution in [-0.2, 0) is 0 Å². The van der Waals surface area contributed by atoms with E-state index in [2.05, 4.69) is 20.8 Å². The predicted octanol–water partition coefficient (Wildman–Crippen LogP) is -1.26. The van der Waals surface area contributed by atoms with Gasteiger partial charge in [-0.1, -0.05) is 25.8 Å². The molecule has 0 bridgehead atoms. The van der Waals surface area contributed by atoms with Crippen molar-refractivity contribution in [2.24, 2.45) is 0 Å². The van der Waals surface area contributed by atoms with Crippen molar-refractivity contribution in [2.45, 2.75) is 25.8 Å². The van der Waals surface area contributed by atoms with Gasteiger partial charge in [0.1, 0.15) is 0 Å². The summed E-state index contributed by atoms with van der Waals surface area (Å²) in [7, 11) is 2.98. The highest BCUT2D eigenvalue weighted by molar-refractivity contribution is 7.30. The van der Waals surface area contributed by atoms with E-state index in [1.807, 2.05) is 0 Å². The first-order valence-electron chi connectivity index (χ1n) is 2.94. The maximum Gasteiger partial charge on any atom is 0.0117 e. The number of rotatable bonds is 0. The summed E-state index contributed by atoms with van der Waals surface area (Å²) in [5.74, 6) is 0. The van der Waals surface area contributed by atoms with Gasteiger partial charge in [-0.15, -0.1) is 0 Å². The van der Waals surface area contributed by atoms with E-state index in [1.54, 1.807) is 0 Å². The van der Waals surface area contributed by atoms with Crippen molar-refractivity contribution in [2.75, 3.05) is 0 Å². The molecule has 0 saturated heterocycles. The number of hydrogen-bond donors (Lipinski definition) is 0. The van der Waals surface area contributed by atoms with Crippen LogP contribution in [0.1, 0.15) is 20.8 Å². The monoisotopic (exact) mass is 148 g/mol. The van der Waals surface area contributed by atoms with E-state index in [-0.39, 0.29) is 7.83 Å². The maximum absolute atomic E-state index is 2.39. The summed E-state index contributed by atoms with van der Waals surface area (Å²) in [6.07, 6.45) is 0. The highest BCUT2D eigenvalue weighted by Crippen LogP contribution is 2.22. The van der Waals surface area contributed by atoms with Crippen LogP contribution >= 0.6 is 0 Å². The van der Waals surface area contributed by atoms with Crippen LogP contribution in [0.3, 0.4) is 0 Å². The molecular weight excluding hydrogens is 132 g/mol. The van der Waals surface area contributed by atoms with E-state index >= 15 is 0 Å². The minimum absolute atomic E-state index is 0.0810. The second kappa shape index (κ2) is 2.28. The Bertz CT molecular complexity index is 52.4. The van der Waals surface area contributed by atoms with Crippen molar-refractivity contribution in [3.8, 4) is 0 Å². The van der Waals surface area contributed by atoms with Gasteiger partial charge in [-0.25, -0.2) is 0 Å². The highest BCUT2D eigenvalue weighted by Gasteiger charge is 2.15. The van der Waals surface area contributed by atoms with E-state index in [0.29, 0.717) is 0 Å². The number of hydrogen-bond acceptors (Lipinski definition) is 0. The zero-order valence-electron chi connectivity index (χ0n) is 6.08. The van der Waals surface area contributed by atoms with Crippen molar-refractivity contribution >= 4 is 27.4 Å². The molecule has 0 aliphatic rings. The lowest BCUT2D eigenvalue weighted by Crippen LogP contribution is -2.26. The van der Waals surface area contributed by atoms with Gasteiger partial charge in [-0.2, -0.15) is 0 Å². The highest BCUT2D eigenvalue weighted by atomic mass is 29.5. The van der Waals surface area contributed by atoms with Gasteiger partial charge >= 0.3 is 0 Å². The van der Waals surface area contributed by atoms with Gasteiger partial charge in [-0.05, 0) is 19.5 Å². The van der Waals surface area contributed by atoms with Crippen LogP contribution in [0.4, 0.5) is 0 Å². The largest absolute Gasteiger partial charge is 0.0634 e. The van der Waals surface area contributed by atoms with Crippen LogP contribution in [0.2, 0.25) is 5.04 Å². The van der Waals surface area contributed by atoms with Crippen LogP contribution in [-0.4, -0.2) is 27.4 Å². The Morgan fingerprint density at radius 2 is 1.29 bits per heavy atom. The van der Waals surface area contributed by atoms with Crippen LogP contribution in [0.15, 0.2) is 0 Å². The molecule has 0 aliphatic carbocycles. The Morgan fingerprint density at radius 3 is 1.29 bits per heavy atom. The summed E-state index contributed by atoms with van der Waals surface area (Å²) >= 11 is 0. The third kappa shape index (κ3) is 3.25. The van der Waals surface area contributed by atoms with E-state index < -0.39 is 0 Å². The summed E-state index contributed by atoms with van der Waals surface area (Å²) in [6.45, 7) is 7.18. The molecule has 3 heteroatoms. The van der Waals surface area contributed by atoms with Crippen molar-refractivity contribution in [3.63, 3.8) is 0 Å². The molecule has 0 aromatic carbocycles. The molecule has 0 N–H and O–H groups in total. The molecular formula is C4H16Si3. The minimum Gasteiger partial charge on any atom is -0.0634 e. The Labute approximate surface area is 53.7 Å². The quantitative estimate of drug-likeness (QED) is 0.376. The van der Waals surface area contributed by atoms with Gasteiger partial charge in [0.25, 0.3) is 0 Å². The molecule has 0 aromatic rings.